The van der Waals surface area contributed by atoms with E-state index >= 15 is 0 Å². The lowest BCUT2D eigenvalue weighted by Gasteiger charge is -2.21. The van der Waals surface area contributed by atoms with Gasteiger partial charge in [-0.1, -0.05) is 39.7 Å². The maximum Gasteiger partial charge on any atom is 0.260 e. The predicted octanol–water partition coefficient (Wildman–Crippen LogP) is 3.02. The number of carbonyl (C=O) groups excluding carboxylic acids is 1. The summed E-state index contributed by atoms with van der Waals surface area (Å²) in [6.07, 6.45) is 2.48. The van der Waals surface area contributed by atoms with Crippen LogP contribution in [0, 0.1) is 0 Å². The Kier molecular flexibility index (Phi) is 6.57. The predicted molar refractivity (Wildman–Crippen MR) is 104 cm³/mol. The zero-order valence-corrected chi connectivity index (χ0v) is 16.3. The quantitative estimate of drug-likeness (QED) is 0.549. The van der Waals surface area contributed by atoms with Gasteiger partial charge in [0.15, 0.2) is 0 Å². The first-order valence-corrected chi connectivity index (χ1v) is 10.1. The Labute approximate surface area is 159 Å². The van der Waals surface area contributed by atoms with Gasteiger partial charge in [0.1, 0.15) is 6.54 Å². The summed E-state index contributed by atoms with van der Waals surface area (Å²) in [5.41, 5.74) is 3.45. The minimum atomic E-state index is -3.62. The number of carbonyl (C=O) groups is 1. The molecule has 0 aliphatic rings. The fourth-order valence-electron chi connectivity index (χ4n) is 1.90. The van der Waals surface area contributed by atoms with Gasteiger partial charge in [-0.05, 0) is 42.0 Å². The van der Waals surface area contributed by atoms with Crippen LogP contribution in [0.3, 0.4) is 0 Å². The third-order valence-electron chi connectivity index (χ3n) is 3.08. The zero-order valence-electron chi connectivity index (χ0n) is 13.2. The van der Waals surface area contributed by atoms with Crippen molar-refractivity contribution in [3.8, 4) is 0 Å². The van der Waals surface area contributed by atoms with Gasteiger partial charge < -0.3 is 0 Å². The molecule has 9 heteroatoms. The smallest absolute Gasteiger partial charge is 0.260 e. The molecule has 0 heterocycles. The zero-order chi connectivity index (χ0) is 18.4. The van der Waals surface area contributed by atoms with Gasteiger partial charge in [-0.2, -0.15) is 5.10 Å². The fourth-order valence-corrected chi connectivity index (χ4v) is 3.15. The highest BCUT2D eigenvalue weighted by molar-refractivity contribution is 9.10. The van der Waals surface area contributed by atoms with Gasteiger partial charge in [-0.3, -0.25) is 9.10 Å². The minimum absolute atomic E-state index is 0.377. The summed E-state index contributed by atoms with van der Waals surface area (Å²) >= 11 is 9.07. The van der Waals surface area contributed by atoms with Gasteiger partial charge in [0, 0.05) is 9.50 Å². The lowest BCUT2D eigenvalue weighted by molar-refractivity contribution is -0.119. The highest BCUT2D eigenvalue weighted by Crippen LogP contribution is 2.20. The second-order valence-electron chi connectivity index (χ2n) is 5.09. The van der Waals surface area contributed by atoms with E-state index in [1.54, 1.807) is 48.5 Å². The van der Waals surface area contributed by atoms with E-state index in [0.29, 0.717) is 10.7 Å². The van der Waals surface area contributed by atoms with E-state index in [9.17, 15) is 13.2 Å². The SMILES string of the molecule is CS(=O)(=O)N(CC(=O)N/N=C\c1ccc(Cl)cc1)c1ccc(Br)cc1. The number of benzene rings is 2. The van der Waals surface area contributed by atoms with Crippen LogP contribution >= 0.6 is 27.5 Å². The molecular weight excluding hydrogens is 430 g/mol. The molecule has 0 saturated carbocycles. The topological polar surface area (TPSA) is 78.8 Å². The minimum Gasteiger partial charge on any atom is -0.271 e. The van der Waals surface area contributed by atoms with Crippen molar-refractivity contribution in [3.05, 3.63) is 63.6 Å². The first-order valence-electron chi connectivity index (χ1n) is 7.06. The number of nitrogens with zero attached hydrogens (tertiary/aromatic N) is 2. The highest BCUT2D eigenvalue weighted by Gasteiger charge is 2.20. The number of hydrogen-bond donors (Lipinski definition) is 1. The third kappa shape index (κ3) is 6.15. The third-order valence-corrected chi connectivity index (χ3v) is 5.00. The van der Waals surface area contributed by atoms with Crippen molar-refractivity contribution < 1.29 is 13.2 Å². The second kappa shape index (κ2) is 8.46. The van der Waals surface area contributed by atoms with E-state index in [1.807, 2.05) is 0 Å². The van der Waals surface area contributed by atoms with Gasteiger partial charge in [0.25, 0.3) is 5.91 Å². The molecule has 2 aromatic carbocycles. The Morgan fingerprint density at radius 2 is 1.80 bits per heavy atom. The number of anilines is 1. The van der Waals surface area contributed by atoms with Crippen LogP contribution in [0.1, 0.15) is 5.56 Å². The molecule has 0 bridgehead atoms. The van der Waals surface area contributed by atoms with Crippen molar-refractivity contribution in [3.63, 3.8) is 0 Å². The fraction of sp³-hybridized carbons (Fsp3) is 0.125. The summed E-state index contributed by atoms with van der Waals surface area (Å²) in [7, 11) is -3.62. The maximum atomic E-state index is 12.0. The van der Waals surface area contributed by atoms with Gasteiger partial charge in [0.05, 0.1) is 18.2 Å². The van der Waals surface area contributed by atoms with Crippen molar-refractivity contribution >= 4 is 55.4 Å². The van der Waals surface area contributed by atoms with E-state index in [0.717, 1.165) is 20.6 Å². The monoisotopic (exact) mass is 443 g/mol. The van der Waals surface area contributed by atoms with E-state index in [4.69, 9.17) is 11.6 Å². The number of sulfonamides is 1. The van der Waals surface area contributed by atoms with Crippen molar-refractivity contribution in [1.29, 1.82) is 0 Å². The molecule has 1 amide bonds. The van der Waals surface area contributed by atoms with Crippen LogP contribution in [0.15, 0.2) is 58.1 Å². The van der Waals surface area contributed by atoms with Gasteiger partial charge in [0.2, 0.25) is 10.0 Å². The molecule has 0 atom stereocenters. The number of rotatable bonds is 6. The molecule has 0 aromatic heterocycles. The number of nitrogens with one attached hydrogen (secondary N) is 1. The number of halogens is 2. The summed E-state index contributed by atoms with van der Waals surface area (Å²) in [6, 6.07) is 13.5. The molecule has 0 fully saturated rings. The van der Waals surface area contributed by atoms with Crippen LogP contribution in [0.2, 0.25) is 5.02 Å². The Hall–Kier alpha value is -1.90. The molecule has 25 heavy (non-hydrogen) atoms. The summed E-state index contributed by atoms with van der Waals surface area (Å²) in [4.78, 5) is 12.0. The molecule has 2 aromatic rings. The van der Waals surface area contributed by atoms with Crippen LogP contribution in [0.25, 0.3) is 0 Å². The largest absolute Gasteiger partial charge is 0.271 e. The lowest BCUT2D eigenvalue weighted by Crippen LogP contribution is -2.38. The molecule has 0 aliphatic heterocycles. The van der Waals surface area contributed by atoms with Crippen LogP contribution in [-0.2, 0) is 14.8 Å². The first-order chi connectivity index (χ1) is 11.8. The molecule has 0 aliphatic carbocycles. The molecule has 0 unspecified atom stereocenters. The first kappa shape index (κ1) is 19.4. The Bertz CT molecular complexity index is 869. The second-order valence-corrected chi connectivity index (χ2v) is 8.35. The molecule has 132 valence electrons. The summed E-state index contributed by atoms with van der Waals surface area (Å²) in [5.74, 6) is -0.557. The highest BCUT2D eigenvalue weighted by atomic mass is 79.9. The Balaban J connectivity index is 2.04. The number of hydrogen-bond acceptors (Lipinski definition) is 4. The van der Waals surface area contributed by atoms with Gasteiger partial charge >= 0.3 is 0 Å². The number of hydrazone groups is 1. The average Bonchev–Trinajstić information content (AvgIpc) is 2.54. The molecule has 0 spiro atoms. The normalized spacial score (nSPS) is 11.5. The molecule has 0 radical (unpaired) electrons. The molecule has 1 N–H and O–H groups in total. The van der Waals surface area contributed by atoms with Crippen LogP contribution in [-0.4, -0.2) is 33.3 Å². The van der Waals surface area contributed by atoms with Gasteiger partial charge in [-0.25, -0.2) is 13.8 Å². The summed E-state index contributed by atoms with van der Waals surface area (Å²) < 4.78 is 25.7. The van der Waals surface area contributed by atoms with Crippen LogP contribution in [0.5, 0.6) is 0 Å². The van der Waals surface area contributed by atoms with Crippen molar-refractivity contribution in [1.82, 2.24) is 5.43 Å². The van der Waals surface area contributed by atoms with E-state index in [1.165, 1.54) is 6.21 Å². The van der Waals surface area contributed by atoms with E-state index in [2.05, 4.69) is 26.5 Å². The summed E-state index contributed by atoms with van der Waals surface area (Å²) in [6.45, 7) is -0.377. The summed E-state index contributed by atoms with van der Waals surface area (Å²) in [5, 5.41) is 4.41. The van der Waals surface area contributed by atoms with Crippen LogP contribution in [0.4, 0.5) is 5.69 Å². The van der Waals surface area contributed by atoms with Crippen molar-refractivity contribution in [2.24, 2.45) is 5.10 Å². The molecular formula is C16H15BrClN3O3S. The molecule has 2 rings (SSSR count). The molecule has 6 nitrogen and oxygen atoms in total. The maximum absolute atomic E-state index is 12.0. The number of amides is 1. The van der Waals surface area contributed by atoms with Crippen LogP contribution < -0.4 is 9.73 Å². The van der Waals surface area contributed by atoms with Crippen molar-refractivity contribution in [2.45, 2.75) is 0 Å². The average molecular weight is 445 g/mol. The Morgan fingerprint density at radius 1 is 1.20 bits per heavy atom. The molecule has 0 saturated heterocycles. The van der Waals surface area contributed by atoms with E-state index in [-0.39, 0.29) is 6.54 Å². The van der Waals surface area contributed by atoms with Gasteiger partial charge in [-0.15, -0.1) is 0 Å². The van der Waals surface area contributed by atoms with Crippen molar-refractivity contribution in [2.75, 3.05) is 17.1 Å². The standard InChI is InChI=1S/C16H15BrClN3O3S/c1-25(23,24)21(15-8-4-13(17)5-9-15)11-16(22)20-19-10-12-2-6-14(18)7-3-12/h2-10H,11H2,1H3,(H,20,22)/b19-10-. The Morgan fingerprint density at radius 3 is 2.36 bits per heavy atom. The lowest BCUT2D eigenvalue weighted by atomic mass is 10.2. The van der Waals surface area contributed by atoms with E-state index < -0.39 is 15.9 Å².